The van der Waals surface area contributed by atoms with Gasteiger partial charge in [0.2, 0.25) is 0 Å². The molecule has 0 radical (unpaired) electrons. The van der Waals surface area contributed by atoms with Crippen LogP contribution in [0.3, 0.4) is 0 Å². The molecule has 0 aliphatic carbocycles. The fraction of sp³-hybridized carbons (Fsp3) is 0.286. The molecule has 3 heterocycles. The minimum absolute atomic E-state index is 0.108. The summed E-state index contributed by atoms with van der Waals surface area (Å²) in [4.78, 5) is 20.1. The smallest absolute Gasteiger partial charge is 0.259 e. The first-order valence-electron chi connectivity index (χ1n) is 6.66. The first-order chi connectivity index (χ1) is 10.1. The number of hydrogen-bond acceptors (Lipinski definition) is 5. The fourth-order valence-electron chi connectivity index (χ4n) is 2.15. The molecule has 0 bridgehead atoms. The Bertz CT molecular complexity index is 886. The van der Waals surface area contributed by atoms with Gasteiger partial charge in [-0.05, 0) is 43.9 Å². The van der Waals surface area contributed by atoms with Crippen molar-refractivity contribution in [2.45, 2.75) is 27.3 Å². The molecule has 21 heavy (non-hydrogen) atoms. The number of hydrogen-bond donors (Lipinski definition) is 1. The van der Waals surface area contributed by atoms with Crippen molar-refractivity contribution in [3.8, 4) is 0 Å². The monoisotopic (exact) mass is 301 g/mol. The van der Waals surface area contributed by atoms with Gasteiger partial charge in [0.05, 0.1) is 16.8 Å². The topological polar surface area (TPSA) is 76.5 Å². The average molecular weight is 301 g/mol. The standard InChI is InChI=1S/C14H15N5OS/c1-4-19-11(9(3)17-18-19)7-8(2)12-15-13(20)10-5-6-21-14(10)16-12/h5-7H,4H2,1-3H3,(H,15,16,20). The van der Waals surface area contributed by atoms with Crippen LogP contribution in [0.4, 0.5) is 0 Å². The molecular formula is C14H15N5OS. The lowest BCUT2D eigenvalue weighted by Crippen LogP contribution is -2.09. The molecule has 1 N–H and O–H groups in total. The molecule has 3 aromatic rings. The summed E-state index contributed by atoms with van der Waals surface area (Å²) in [6, 6.07) is 1.79. The van der Waals surface area contributed by atoms with Crippen LogP contribution in [-0.4, -0.2) is 25.0 Å². The molecule has 108 valence electrons. The highest BCUT2D eigenvalue weighted by Gasteiger charge is 2.09. The molecule has 0 aromatic carbocycles. The average Bonchev–Trinajstić information content (AvgIpc) is 3.06. The maximum Gasteiger partial charge on any atom is 0.259 e. The van der Waals surface area contributed by atoms with E-state index in [1.54, 1.807) is 6.07 Å². The Kier molecular flexibility index (Phi) is 3.42. The Balaban J connectivity index is 2.11. The minimum Gasteiger partial charge on any atom is -0.306 e. The van der Waals surface area contributed by atoms with E-state index in [-0.39, 0.29) is 5.56 Å². The largest absolute Gasteiger partial charge is 0.306 e. The van der Waals surface area contributed by atoms with Crippen LogP contribution in [-0.2, 0) is 6.54 Å². The summed E-state index contributed by atoms with van der Waals surface area (Å²) in [7, 11) is 0. The zero-order valence-electron chi connectivity index (χ0n) is 12.0. The highest BCUT2D eigenvalue weighted by Crippen LogP contribution is 2.19. The van der Waals surface area contributed by atoms with Crippen molar-refractivity contribution in [1.29, 1.82) is 0 Å². The summed E-state index contributed by atoms with van der Waals surface area (Å²) in [5, 5.41) is 10.6. The first-order valence-corrected chi connectivity index (χ1v) is 7.54. The Morgan fingerprint density at radius 2 is 2.33 bits per heavy atom. The van der Waals surface area contributed by atoms with E-state index in [2.05, 4.69) is 20.3 Å². The predicted octanol–water partition coefficient (Wildman–Crippen LogP) is 2.46. The molecule has 0 spiro atoms. The Hall–Kier alpha value is -2.28. The van der Waals surface area contributed by atoms with Crippen LogP contribution < -0.4 is 5.56 Å². The molecule has 6 nitrogen and oxygen atoms in total. The van der Waals surface area contributed by atoms with E-state index in [0.717, 1.165) is 28.3 Å². The predicted molar refractivity (Wildman–Crippen MR) is 84.2 cm³/mol. The zero-order chi connectivity index (χ0) is 15.0. The van der Waals surface area contributed by atoms with Crippen LogP contribution in [0.5, 0.6) is 0 Å². The molecule has 3 rings (SSSR count). The van der Waals surface area contributed by atoms with Gasteiger partial charge in [0.1, 0.15) is 10.7 Å². The molecule has 0 aliphatic heterocycles. The summed E-state index contributed by atoms with van der Waals surface area (Å²) in [5.41, 5.74) is 2.56. The van der Waals surface area contributed by atoms with Gasteiger partial charge >= 0.3 is 0 Å². The highest BCUT2D eigenvalue weighted by molar-refractivity contribution is 7.16. The fourth-order valence-corrected chi connectivity index (χ4v) is 2.91. The number of nitrogens with zero attached hydrogens (tertiary/aromatic N) is 4. The van der Waals surface area contributed by atoms with Crippen LogP contribution >= 0.6 is 11.3 Å². The quantitative estimate of drug-likeness (QED) is 0.806. The third-order valence-corrected chi connectivity index (χ3v) is 4.12. The van der Waals surface area contributed by atoms with Crippen molar-refractivity contribution in [2.24, 2.45) is 0 Å². The first kappa shape index (κ1) is 13.7. The van der Waals surface area contributed by atoms with Crippen LogP contribution in [0.15, 0.2) is 16.2 Å². The third kappa shape index (κ3) is 2.40. The minimum atomic E-state index is -0.108. The Labute approximate surface area is 125 Å². The molecule has 3 aromatic heterocycles. The molecule has 0 fully saturated rings. The van der Waals surface area contributed by atoms with E-state index in [1.165, 1.54) is 11.3 Å². The number of thiophene rings is 1. The van der Waals surface area contributed by atoms with E-state index in [0.29, 0.717) is 11.2 Å². The second kappa shape index (κ2) is 5.25. The van der Waals surface area contributed by atoms with Crippen LogP contribution in [0.2, 0.25) is 0 Å². The number of allylic oxidation sites excluding steroid dienone is 1. The third-order valence-electron chi connectivity index (χ3n) is 3.31. The number of aryl methyl sites for hydroxylation is 2. The number of H-pyrrole nitrogens is 1. The van der Waals surface area contributed by atoms with Gasteiger partial charge < -0.3 is 4.98 Å². The summed E-state index contributed by atoms with van der Waals surface area (Å²) < 4.78 is 1.82. The van der Waals surface area contributed by atoms with Gasteiger partial charge in [-0.1, -0.05) is 5.21 Å². The Morgan fingerprint density at radius 3 is 3.10 bits per heavy atom. The van der Waals surface area contributed by atoms with Crippen molar-refractivity contribution >= 4 is 33.2 Å². The van der Waals surface area contributed by atoms with Gasteiger partial charge in [-0.3, -0.25) is 4.79 Å². The SMILES string of the molecule is CCn1nnc(C)c1C=C(C)c1nc2sccc2c(=O)[nH]1. The maximum absolute atomic E-state index is 12.0. The van der Waals surface area contributed by atoms with Crippen molar-refractivity contribution in [1.82, 2.24) is 25.0 Å². The van der Waals surface area contributed by atoms with Crippen LogP contribution in [0, 0.1) is 6.92 Å². The van der Waals surface area contributed by atoms with Gasteiger partial charge in [-0.15, -0.1) is 16.4 Å². The number of aromatic nitrogens is 5. The van der Waals surface area contributed by atoms with Crippen LogP contribution in [0.25, 0.3) is 21.9 Å². The van der Waals surface area contributed by atoms with Gasteiger partial charge in [0.15, 0.2) is 0 Å². The van der Waals surface area contributed by atoms with Gasteiger partial charge in [0, 0.05) is 6.54 Å². The highest BCUT2D eigenvalue weighted by atomic mass is 32.1. The number of nitrogens with one attached hydrogen (secondary N) is 1. The van der Waals surface area contributed by atoms with Crippen molar-refractivity contribution in [2.75, 3.05) is 0 Å². The Morgan fingerprint density at radius 1 is 1.52 bits per heavy atom. The summed E-state index contributed by atoms with van der Waals surface area (Å²) in [6.45, 7) is 6.59. The second-order valence-electron chi connectivity index (χ2n) is 4.76. The maximum atomic E-state index is 12.0. The van der Waals surface area contributed by atoms with E-state index < -0.39 is 0 Å². The zero-order valence-corrected chi connectivity index (χ0v) is 12.9. The lowest BCUT2D eigenvalue weighted by atomic mass is 10.2. The number of fused-ring (bicyclic) bond motifs is 1. The summed E-state index contributed by atoms with van der Waals surface area (Å²) in [5.74, 6) is 0.582. The number of aromatic amines is 1. The van der Waals surface area contributed by atoms with Gasteiger partial charge in [-0.25, -0.2) is 9.67 Å². The van der Waals surface area contributed by atoms with Crippen LogP contribution in [0.1, 0.15) is 31.1 Å². The lowest BCUT2D eigenvalue weighted by molar-refractivity contribution is 0.622. The summed E-state index contributed by atoms with van der Waals surface area (Å²) in [6.07, 6.45) is 1.95. The molecule has 0 saturated carbocycles. The van der Waals surface area contributed by atoms with Crippen molar-refractivity contribution in [3.63, 3.8) is 0 Å². The second-order valence-corrected chi connectivity index (χ2v) is 5.65. The molecule has 0 unspecified atom stereocenters. The van der Waals surface area contributed by atoms with E-state index in [1.807, 2.05) is 36.9 Å². The summed E-state index contributed by atoms with van der Waals surface area (Å²) >= 11 is 1.46. The molecule has 0 amide bonds. The molecule has 0 aliphatic rings. The van der Waals surface area contributed by atoms with Crippen molar-refractivity contribution < 1.29 is 0 Å². The van der Waals surface area contributed by atoms with E-state index >= 15 is 0 Å². The molecule has 7 heteroatoms. The van der Waals surface area contributed by atoms with Crippen molar-refractivity contribution in [3.05, 3.63) is 39.0 Å². The molecule has 0 saturated heterocycles. The van der Waals surface area contributed by atoms with E-state index in [4.69, 9.17) is 0 Å². The molecule has 0 atom stereocenters. The van der Waals surface area contributed by atoms with E-state index in [9.17, 15) is 4.79 Å². The normalized spacial score (nSPS) is 12.2. The number of rotatable bonds is 3. The lowest BCUT2D eigenvalue weighted by Gasteiger charge is -2.03. The van der Waals surface area contributed by atoms with Gasteiger partial charge in [-0.2, -0.15) is 0 Å². The molecular weight excluding hydrogens is 286 g/mol. The van der Waals surface area contributed by atoms with Gasteiger partial charge in [0.25, 0.3) is 5.56 Å².